The van der Waals surface area contributed by atoms with Crippen LogP contribution in [0.25, 0.3) is 44.9 Å². The maximum Gasteiger partial charge on any atom is 0.374 e. The van der Waals surface area contributed by atoms with Crippen molar-refractivity contribution in [3.8, 4) is 16.8 Å². The molecule has 3 heterocycles. The fourth-order valence-electron chi connectivity index (χ4n) is 7.32. The minimum atomic E-state index is -4.31. The number of aromatic nitrogens is 2. The zero-order chi connectivity index (χ0) is 35.1. The average Bonchev–Trinajstić information content (AvgIpc) is 3.80. The first kappa shape index (κ1) is 33.3. The van der Waals surface area contributed by atoms with Crippen molar-refractivity contribution in [2.24, 2.45) is 0 Å². The summed E-state index contributed by atoms with van der Waals surface area (Å²) in [5, 5.41) is 2.25. The van der Waals surface area contributed by atoms with Crippen LogP contribution >= 0.6 is 11.8 Å². The minimum Gasteiger partial charge on any atom is -0.748 e. The zero-order valence-corrected chi connectivity index (χ0v) is 30.3. The van der Waals surface area contributed by atoms with Gasteiger partial charge in [0.15, 0.2) is 0 Å². The number of para-hydroxylation sites is 1. The number of anilines is 1. The van der Waals surface area contributed by atoms with Gasteiger partial charge in [-0.1, -0.05) is 66.4 Å². The van der Waals surface area contributed by atoms with Crippen molar-refractivity contribution in [1.29, 1.82) is 0 Å². The number of oxazole rings is 1. The van der Waals surface area contributed by atoms with Gasteiger partial charge in [0.1, 0.15) is 6.54 Å². The molecule has 0 N–H and O–H groups in total. The lowest BCUT2D eigenvalue weighted by Crippen LogP contribution is -2.33. The maximum absolute atomic E-state index is 11.5. The van der Waals surface area contributed by atoms with Crippen LogP contribution in [0.1, 0.15) is 44.1 Å². The smallest absolute Gasteiger partial charge is 0.374 e. The molecule has 6 aromatic rings. The van der Waals surface area contributed by atoms with Crippen molar-refractivity contribution in [2.75, 3.05) is 17.2 Å². The Morgan fingerprint density at radius 3 is 2.61 bits per heavy atom. The highest BCUT2D eigenvalue weighted by molar-refractivity contribution is 8.03. The van der Waals surface area contributed by atoms with Crippen molar-refractivity contribution in [3.63, 3.8) is 0 Å². The van der Waals surface area contributed by atoms with Gasteiger partial charge in [-0.15, -0.1) is 0 Å². The number of hydrogen-bond donors (Lipinski definition) is 0. The van der Waals surface area contributed by atoms with Crippen LogP contribution in [0.5, 0.6) is 0 Å². The van der Waals surface area contributed by atoms with Crippen LogP contribution in [0.15, 0.2) is 135 Å². The van der Waals surface area contributed by atoms with Crippen LogP contribution in [0.3, 0.4) is 0 Å². The van der Waals surface area contributed by atoms with Crippen molar-refractivity contribution in [3.05, 3.63) is 137 Å². The van der Waals surface area contributed by atoms with Crippen LogP contribution in [0.4, 0.5) is 5.69 Å². The summed E-state index contributed by atoms with van der Waals surface area (Å²) >= 11 is 1.70. The number of hydrogen-bond acceptors (Lipinski definition) is 6. The molecule has 0 atom stereocenters. The highest BCUT2D eigenvalue weighted by Crippen LogP contribution is 2.49. The lowest BCUT2D eigenvalue weighted by molar-refractivity contribution is -0.674. The van der Waals surface area contributed by atoms with E-state index < -0.39 is 10.1 Å². The molecule has 7 nitrogen and oxygen atoms in total. The molecule has 258 valence electrons. The molecule has 0 radical (unpaired) electrons. The first-order valence-corrected chi connectivity index (χ1v) is 19.9. The molecule has 1 aliphatic carbocycles. The van der Waals surface area contributed by atoms with Gasteiger partial charge in [-0.2, -0.15) is 4.57 Å². The van der Waals surface area contributed by atoms with Crippen molar-refractivity contribution in [1.82, 2.24) is 4.57 Å². The van der Waals surface area contributed by atoms with Gasteiger partial charge in [0, 0.05) is 29.5 Å². The van der Waals surface area contributed by atoms with Crippen molar-refractivity contribution in [2.45, 2.75) is 51.0 Å². The number of aryl methyl sites for hydroxylation is 2. The quantitative estimate of drug-likeness (QED) is 0.110. The Morgan fingerprint density at radius 2 is 1.78 bits per heavy atom. The van der Waals surface area contributed by atoms with E-state index in [0.29, 0.717) is 6.54 Å². The average molecular weight is 714 g/mol. The third-order valence-electron chi connectivity index (χ3n) is 9.77. The Morgan fingerprint density at radius 1 is 0.961 bits per heavy atom. The summed E-state index contributed by atoms with van der Waals surface area (Å²) in [7, 11) is -4.31. The Hall–Kier alpha value is -4.83. The van der Waals surface area contributed by atoms with Crippen LogP contribution in [0, 0.1) is 6.92 Å². The van der Waals surface area contributed by atoms with E-state index in [-0.39, 0.29) is 12.2 Å². The Labute approximate surface area is 303 Å². The topological polar surface area (TPSA) is 82.4 Å². The molecule has 1 aliphatic heterocycles. The number of rotatable bonds is 9. The summed E-state index contributed by atoms with van der Waals surface area (Å²) in [5.41, 5.74) is 11.1. The van der Waals surface area contributed by atoms with E-state index in [0.717, 1.165) is 75.2 Å². The molecular formula is C42H39N3O4S2. The number of allylic oxidation sites excluding steroid dienone is 4. The Bertz CT molecular complexity index is 2490. The Kier molecular flexibility index (Phi) is 8.96. The Balaban J connectivity index is 1.12. The first-order valence-electron chi connectivity index (χ1n) is 17.5. The molecule has 2 aromatic heterocycles. The molecule has 0 amide bonds. The first-order chi connectivity index (χ1) is 24.7. The molecule has 2 aliphatic rings. The summed E-state index contributed by atoms with van der Waals surface area (Å²) in [4.78, 5) is 3.32. The summed E-state index contributed by atoms with van der Waals surface area (Å²) < 4.78 is 45.5. The van der Waals surface area contributed by atoms with Gasteiger partial charge in [-0.05, 0) is 115 Å². The highest BCUT2D eigenvalue weighted by atomic mass is 32.2. The summed E-state index contributed by atoms with van der Waals surface area (Å²) in [6.07, 6.45) is 12.0. The van der Waals surface area contributed by atoms with Crippen molar-refractivity contribution < 1.29 is 22.0 Å². The lowest BCUT2D eigenvalue weighted by atomic mass is 9.95. The van der Waals surface area contributed by atoms with E-state index in [2.05, 4.69) is 125 Å². The van der Waals surface area contributed by atoms with Gasteiger partial charge in [0.25, 0.3) is 5.52 Å². The predicted octanol–water partition coefficient (Wildman–Crippen LogP) is 9.54. The normalized spacial score (nSPS) is 16.5. The fraction of sp³-hybridized carbons (Fsp3) is 0.214. The molecule has 51 heavy (non-hydrogen) atoms. The molecule has 0 bridgehead atoms. The summed E-state index contributed by atoms with van der Waals surface area (Å²) in [6.45, 7) is 5.49. The van der Waals surface area contributed by atoms with Gasteiger partial charge in [-0.3, -0.25) is 0 Å². The van der Waals surface area contributed by atoms with Crippen LogP contribution in [-0.4, -0.2) is 29.8 Å². The number of benzene rings is 4. The van der Waals surface area contributed by atoms with E-state index in [4.69, 9.17) is 4.42 Å². The third kappa shape index (κ3) is 6.81. The standard InChI is InChI=1S/C42H39N3O4S2/c1-3-43-37-27-34(44-21-19-33-15-7-8-16-36(33)44)17-18-39(37)49-41(43)25-30-11-9-12-31(24-30)26-42-45(20-10-22-51(46,47)48)38-28-35(29(2)23-40(38)50-42)32-13-5-4-6-14-32/h4-8,13-19,21,23-28H,3,9-12,20,22H2,1-2H3. The molecule has 4 aromatic carbocycles. The highest BCUT2D eigenvalue weighted by Gasteiger charge is 2.28. The largest absolute Gasteiger partial charge is 0.748 e. The van der Waals surface area contributed by atoms with Gasteiger partial charge in [-0.25, -0.2) is 8.42 Å². The monoisotopic (exact) mass is 713 g/mol. The number of nitrogens with zero attached hydrogens (tertiary/aromatic N) is 3. The summed E-state index contributed by atoms with van der Waals surface area (Å²) in [6, 6.07) is 31.6. The molecule has 9 heteroatoms. The van der Waals surface area contributed by atoms with Crippen LogP contribution in [0.2, 0.25) is 0 Å². The molecule has 0 unspecified atom stereocenters. The number of thioether (sulfide) groups is 1. The lowest BCUT2D eigenvalue weighted by Gasteiger charge is -2.23. The van der Waals surface area contributed by atoms with Crippen LogP contribution in [-0.2, 0) is 16.7 Å². The van der Waals surface area contributed by atoms with E-state index in [1.165, 1.54) is 27.6 Å². The number of fused-ring (bicyclic) bond motifs is 3. The van der Waals surface area contributed by atoms with E-state index in [9.17, 15) is 13.0 Å². The second-order valence-electron chi connectivity index (χ2n) is 13.2. The molecule has 0 saturated carbocycles. The maximum atomic E-state index is 11.5. The zero-order valence-electron chi connectivity index (χ0n) is 28.7. The van der Waals surface area contributed by atoms with Gasteiger partial charge in [0.05, 0.1) is 38.1 Å². The molecule has 0 saturated heterocycles. The molecule has 0 spiro atoms. The predicted molar refractivity (Wildman–Crippen MR) is 206 cm³/mol. The SMILES string of the molecule is CC[n+]1c(/C=C2C=C(/C=C3\Sc4cc(C)c(-c5ccccc5)cc4N3CCCS(=O)(=O)[O-])CCC/2)oc2ccc(-n3ccc4ccccc43)cc21. The fourth-order valence-corrected chi connectivity index (χ4v) is 9.05. The van der Waals surface area contributed by atoms with E-state index in [1.54, 1.807) is 11.8 Å². The van der Waals surface area contributed by atoms with Gasteiger partial charge >= 0.3 is 5.89 Å². The second-order valence-corrected chi connectivity index (χ2v) is 15.8. The second kappa shape index (κ2) is 13.7. The van der Waals surface area contributed by atoms with E-state index in [1.807, 2.05) is 18.2 Å². The summed E-state index contributed by atoms with van der Waals surface area (Å²) in [5.74, 6) is 0.441. The minimum absolute atomic E-state index is 0.257. The van der Waals surface area contributed by atoms with Crippen LogP contribution < -0.4 is 9.47 Å². The van der Waals surface area contributed by atoms with Crippen molar-refractivity contribution >= 4 is 55.6 Å². The molecule has 8 rings (SSSR count). The van der Waals surface area contributed by atoms with Gasteiger partial charge < -0.3 is 18.4 Å². The third-order valence-corrected chi connectivity index (χ3v) is 11.6. The van der Waals surface area contributed by atoms with E-state index >= 15 is 0 Å². The van der Waals surface area contributed by atoms with Gasteiger partial charge in [0.2, 0.25) is 5.58 Å². The molecule has 0 fully saturated rings. The molecular weight excluding hydrogens is 675 g/mol.